The second-order valence-corrected chi connectivity index (χ2v) is 12.6. The van der Waals surface area contributed by atoms with E-state index in [1.807, 2.05) is 48.7 Å². The van der Waals surface area contributed by atoms with Crippen LogP contribution in [0.1, 0.15) is 88.2 Å². The molecule has 1 aromatic heterocycles. The summed E-state index contributed by atoms with van der Waals surface area (Å²) in [5.41, 5.74) is 4.16. The van der Waals surface area contributed by atoms with E-state index in [0.717, 1.165) is 53.4 Å². The van der Waals surface area contributed by atoms with Crippen molar-refractivity contribution in [3.8, 4) is 0 Å². The fraction of sp³-hybridized carbons (Fsp3) is 0.529. The van der Waals surface area contributed by atoms with Gasteiger partial charge in [0.1, 0.15) is 0 Å². The summed E-state index contributed by atoms with van der Waals surface area (Å²) in [5.74, 6) is 0.500. The molecule has 0 unspecified atom stereocenters. The second-order valence-electron chi connectivity index (χ2n) is 12.6. The van der Waals surface area contributed by atoms with Crippen LogP contribution >= 0.6 is 0 Å². The summed E-state index contributed by atoms with van der Waals surface area (Å²) in [6.45, 7) is 11.9. The van der Waals surface area contributed by atoms with Crippen molar-refractivity contribution < 1.29 is 14.7 Å². The van der Waals surface area contributed by atoms with Crippen LogP contribution < -0.4 is 15.5 Å². The van der Waals surface area contributed by atoms with Gasteiger partial charge in [-0.15, -0.1) is 0 Å². The molecule has 2 atom stereocenters. The van der Waals surface area contributed by atoms with Crippen LogP contribution in [0.4, 0.5) is 5.69 Å². The van der Waals surface area contributed by atoms with Crippen LogP contribution in [0.25, 0.3) is 10.9 Å². The summed E-state index contributed by atoms with van der Waals surface area (Å²) in [6.07, 6.45) is 7.15. The minimum atomic E-state index is -0.787. The number of H-pyrrole nitrogens is 1. The van der Waals surface area contributed by atoms with Crippen LogP contribution in [0.2, 0.25) is 0 Å². The van der Waals surface area contributed by atoms with Crippen LogP contribution in [-0.4, -0.2) is 52.7 Å². The van der Waals surface area contributed by atoms with Crippen LogP contribution in [0.5, 0.6) is 0 Å². The molecule has 1 aliphatic rings. The number of hydrogen-bond donors (Lipinski definition) is 4. The number of aryl methyl sites for hydroxylation is 1. The largest absolute Gasteiger partial charge is 0.390 e. The average Bonchev–Trinajstić information content (AvgIpc) is 3.56. The molecule has 1 fully saturated rings. The molecule has 1 aliphatic heterocycles. The second kappa shape index (κ2) is 13.7. The maximum atomic E-state index is 13.8. The van der Waals surface area contributed by atoms with Crippen LogP contribution in [0, 0.1) is 5.92 Å². The van der Waals surface area contributed by atoms with Crippen molar-refractivity contribution >= 4 is 28.4 Å². The van der Waals surface area contributed by atoms with E-state index in [1.165, 1.54) is 6.42 Å². The molecule has 4 N–H and O–H groups in total. The lowest BCUT2D eigenvalue weighted by Gasteiger charge is -2.31. The van der Waals surface area contributed by atoms with Crippen LogP contribution in [-0.2, 0) is 17.6 Å². The number of anilines is 1. The van der Waals surface area contributed by atoms with E-state index in [2.05, 4.69) is 50.2 Å². The van der Waals surface area contributed by atoms with Gasteiger partial charge in [-0.3, -0.25) is 9.59 Å². The molecule has 222 valence electrons. The van der Waals surface area contributed by atoms with Gasteiger partial charge in [0.2, 0.25) is 5.91 Å². The fourth-order valence-electron chi connectivity index (χ4n) is 5.77. The number of aliphatic hydroxyl groups excluding tert-OH is 1. The average molecular weight is 561 g/mol. The number of hydrogen-bond acceptors (Lipinski definition) is 4. The number of aromatic nitrogens is 1. The molecule has 1 saturated heterocycles. The number of amides is 2. The molecule has 0 saturated carbocycles. The molecule has 41 heavy (non-hydrogen) atoms. The predicted octanol–water partition coefficient (Wildman–Crippen LogP) is 5.75. The van der Waals surface area contributed by atoms with Crippen molar-refractivity contribution in [3.63, 3.8) is 0 Å². The first-order valence-corrected chi connectivity index (χ1v) is 15.3. The van der Waals surface area contributed by atoms with Crippen molar-refractivity contribution in [2.45, 2.75) is 97.2 Å². The van der Waals surface area contributed by atoms with Crippen molar-refractivity contribution in [2.24, 2.45) is 5.92 Å². The number of carbonyl (C=O) groups is 2. The van der Waals surface area contributed by atoms with E-state index in [0.29, 0.717) is 37.4 Å². The van der Waals surface area contributed by atoms with E-state index in [-0.39, 0.29) is 17.4 Å². The highest BCUT2D eigenvalue weighted by atomic mass is 16.3. The standard InChI is InChI=1S/C34H48N4O3/c1-6-25-21-35-32-27(25)19-26(20-29(32)38-17-11-15-31(38)40)33(41)37-28(18-24-13-8-7-9-14-24)30(39)22-36-34(4,5)16-10-12-23(2)3/h7-9,13-14,19-21,23,28,30,35-36,39H,6,10-12,15-18,22H2,1-5H3,(H,37,41)/t28-,30-/m0/s1. The Hall–Kier alpha value is -3.16. The number of rotatable bonds is 14. The van der Waals surface area contributed by atoms with Gasteiger partial charge >= 0.3 is 0 Å². The lowest BCUT2D eigenvalue weighted by atomic mass is 9.93. The Morgan fingerprint density at radius 3 is 2.59 bits per heavy atom. The Balaban J connectivity index is 1.56. The monoisotopic (exact) mass is 560 g/mol. The number of fused-ring (bicyclic) bond motifs is 1. The van der Waals surface area contributed by atoms with E-state index < -0.39 is 12.1 Å². The van der Waals surface area contributed by atoms with Gasteiger partial charge in [-0.25, -0.2) is 0 Å². The highest BCUT2D eigenvalue weighted by Crippen LogP contribution is 2.33. The Labute approximate surface area is 245 Å². The zero-order valence-corrected chi connectivity index (χ0v) is 25.4. The van der Waals surface area contributed by atoms with Crippen molar-refractivity contribution in [1.82, 2.24) is 15.6 Å². The maximum absolute atomic E-state index is 13.8. The third-order valence-electron chi connectivity index (χ3n) is 8.31. The topological polar surface area (TPSA) is 97.5 Å². The van der Waals surface area contributed by atoms with Gasteiger partial charge in [-0.05, 0) is 68.7 Å². The molecule has 7 heteroatoms. The highest BCUT2D eigenvalue weighted by molar-refractivity contribution is 6.08. The zero-order chi connectivity index (χ0) is 29.6. The van der Waals surface area contributed by atoms with E-state index in [1.54, 1.807) is 4.90 Å². The van der Waals surface area contributed by atoms with Gasteiger partial charge in [0.25, 0.3) is 5.91 Å². The molecule has 0 spiro atoms. The SMILES string of the molecule is CCc1c[nH]c2c(N3CCCC3=O)cc(C(=O)N[C@@H](Cc3ccccc3)[C@@H](O)CNC(C)(C)CCCC(C)C)cc12. The molecule has 3 aromatic rings. The fourth-order valence-corrected chi connectivity index (χ4v) is 5.77. The molecule has 2 amide bonds. The summed E-state index contributed by atoms with van der Waals surface area (Å²) in [6, 6.07) is 13.2. The Morgan fingerprint density at radius 2 is 1.93 bits per heavy atom. The number of β-amino-alcohol motifs (C(OH)–C–C–N with tert-alkyl or cyclic N) is 1. The van der Waals surface area contributed by atoms with Gasteiger partial charge in [-0.2, -0.15) is 0 Å². The maximum Gasteiger partial charge on any atom is 0.251 e. The summed E-state index contributed by atoms with van der Waals surface area (Å²) >= 11 is 0. The quantitative estimate of drug-likeness (QED) is 0.202. The number of benzene rings is 2. The van der Waals surface area contributed by atoms with Gasteiger partial charge in [0.15, 0.2) is 0 Å². The number of carbonyl (C=O) groups excluding carboxylic acids is 2. The number of nitrogens with one attached hydrogen (secondary N) is 3. The van der Waals surface area contributed by atoms with Crippen LogP contribution in [0.3, 0.4) is 0 Å². The van der Waals surface area contributed by atoms with E-state index in [9.17, 15) is 14.7 Å². The Bertz CT molecular complexity index is 1310. The third kappa shape index (κ3) is 7.98. The number of aromatic amines is 1. The number of aliphatic hydroxyl groups is 1. The molecule has 2 aromatic carbocycles. The first kappa shape index (κ1) is 30.8. The molecule has 4 rings (SSSR count). The summed E-state index contributed by atoms with van der Waals surface area (Å²) in [5, 5.41) is 19.1. The molecule has 0 aliphatic carbocycles. The predicted molar refractivity (Wildman–Crippen MR) is 167 cm³/mol. The minimum Gasteiger partial charge on any atom is -0.390 e. The van der Waals surface area contributed by atoms with E-state index in [4.69, 9.17) is 0 Å². The first-order valence-electron chi connectivity index (χ1n) is 15.3. The minimum absolute atomic E-state index is 0.0796. The van der Waals surface area contributed by atoms with Crippen molar-refractivity contribution in [1.29, 1.82) is 0 Å². The van der Waals surface area contributed by atoms with Crippen molar-refractivity contribution in [2.75, 3.05) is 18.0 Å². The molecule has 0 bridgehead atoms. The Kier molecular flexibility index (Phi) is 10.3. The van der Waals surface area contributed by atoms with Gasteiger partial charge in [0.05, 0.1) is 23.3 Å². The zero-order valence-electron chi connectivity index (χ0n) is 25.4. The van der Waals surface area contributed by atoms with E-state index >= 15 is 0 Å². The smallest absolute Gasteiger partial charge is 0.251 e. The van der Waals surface area contributed by atoms with Gasteiger partial charge in [0, 0.05) is 42.2 Å². The lowest BCUT2D eigenvalue weighted by molar-refractivity contribution is -0.117. The summed E-state index contributed by atoms with van der Waals surface area (Å²) < 4.78 is 0. The van der Waals surface area contributed by atoms with Crippen molar-refractivity contribution in [3.05, 3.63) is 65.4 Å². The summed E-state index contributed by atoms with van der Waals surface area (Å²) in [4.78, 5) is 31.6. The van der Waals surface area contributed by atoms with Gasteiger partial charge in [-0.1, -0.05) is 63.9 Å². The van der Waals surface area contributed by atoms with Crippen LogP contribution in [0.15, 0.2) is 48.7 Å². The highest BCUT2D eigenvalue weighted by Gasteiger charge is 2.28. The molecular formula is C34H48N4O3. The first-order chi connectivity index (χ1) is 19.6. The number of nitrogens with zero attached hydrogens (tertiary/aromatic N) is 1. The van der Waals surface area contributed by atoms with Gasteiger partial charge < -0.3 is 25.6 Å². The molecule has 2 heterocycles. The third-order valence-corrected chi connectivity index (χ3v) is 8.31. The summed E-state index contributed by atoms with van der Waals surface area (Å²) in [7, 11) is 0. The molecule has 0 radical (unpaired) electrons. The lowest BCUT2D eigenvalue weighted by Crippen LogP contribution is -2.52. The Morgan fingerprint density at radius 1 is 1.17 bits per heavy atom. The molecular weight excluding hydrogens is 512 g/mol. The normalized spacial score (nSPS) is 15.6. The molecule has 7 nitrogen and oxygen atoms in total.